The maximum absolute atomic E-state index is 13.1. The van der Waals surface area contributed by atoms with E-state index < -0.39 is 23.5 Å². The molecule has 4 rings (SSSR count). The number of ether oxygens (including phenoxy) is 1. The molecule has 0 spiro atoms. The number of benzene rings is 1. The molecule has 0 fully saturated rings. The van der Waals surface area contributed by atoms with Gasteiger partial charge in [-0.25, -0.2) is 9.78 Å². The molecule has 1 aliphatic rings. The molecule has 1 aromatic carbocycles. The Bertz CT molecular complexity index is 1070. The van der Waals surface area contributed by atoms with E-state index in [0.29, 0.717) is 17.0 Å². The molecule has 11 heteroatoms. The molecule has 0 bridgehead atoms. The zero-order chi connectivity index (χ0) is 18.6. The second-order valence-corrected chi connectivity index (χ2v) is 6.24. The Morgan fingerprint density at radius 1 is 1.38 bits per heavy atom. The minimum absolute atomic E-state index is 0.0947. The van der Waals surface area contributed by atoms with Crippen molar-refractivity contribution in [2.24, 2.45) is 0 Å². The van der Waals surface area contributed by atoms with Crippen LogP contribution in [0.15, 0.2) is 23.6 Å². The Labute approximate surface area is 146 Å². The van der Waals surface area contributed by atoms with Crippen molar-refractivity contribution in [2.45, 2.75) is 6.18 Å². The maximum atomic E-state index is 13.1. The average Bonchev–Trinajstić information content (AvgIpc) is 3.12. The third kappa shape index (κ3) is 2.47. The molecule has 0 radical (unpaired) electrons. The van der Waals surface area contributed by atoms with Crippen molar-refractivity contribution >= 4 is 33.9 Å². The van der Waals surface area contributed by atoms with Crippen molar-refractivity contribution < 1.29 is 32.6 Å². The van der Waals surface area contributed by atoms with Crippen LogP contribution >= 0.6 is 11.3 Å². The predicted molar refractivity (Wildman–Crippen MR) is 84.6 cm³/mol. The highest BCUT2D eigenvalue weighted by Crippen LogP contribution is 2.38. The van der Waals surface area contributed by atoms with Gasteiger partial charge in [-0.1, -0.05) is 0 Å². The fraction of sp³-hybridized carbons (Fsp3) is 0.133. The third-order valence-corrected chi connectivity index (χ3v) is 4.57. The first-order valence-electron chi connectivity index (χ1n) is 7.13. The van der Waals surface area contributed by atoms with E-state index in [1.807, 2.05) is 0 Å². The van der Waals surface area contributed by atoms with Gasteiger partial charge in [0.1, 0.15) is 5.75 Å². The number of hydrogen-bond acceptors (Lipinski definition) is 5. The van der Waals surface area contributed by atoms with Gasteiger partial charge in [0.15, 0.2) is 23.0 Å². The zero-order valence-electron chi connectivity index (χ0n) is 12.6. The van der Waals surface area contributed by atoms with Gasteiger partial charge in [0.25, 0.3) is 5.91 Å². The van der Waals surface area contributed by atoms with Gasteiger partial charge in [-0.05, 0) is 18.2 Å². The van der Waals surface area contributed by atoms with Crippen molar-refractivity contribution in [3.05, 3.63) is 35.0 Å². The van der Waals surface area contributed by atoms with E-state index in [1.165, 1.54) is 11.4 Å². The first-order valence-corrected chi connectivity index (χ1v) is 8.01. The summed E-state index contributed by atoms with van der Waals surface area (Å²) in [5.74, 6) is -1.68. The van der Waals surface area contributed by atoms with Crippen molar-refractivity contribution in [3.63, 3.8) is 0 Å². The topological polar surface area (TPSA) is 92.9 Å². The lowest BCUT2D eigenvalue weighted by molar-refractivity contribution is -0.141. The standard InChI is InChI=1S/C15H8F3N3O4S/c16-15(17,18)12-11(13(23)24)21-8(5-26-14(21)20-12)6-1-2-9-7(3-6)19-10(22)4-25-9/h1-3,5H,4H2,(H,19,22)(H,23,24). The second kappa shape index (κ2) is 5.46. The fourth-order valence-electron chi connectivity index (χ4n) is 2.70. The summed E-state index contributed by atoms with van der Waals surface area (Å²) in [5, 5.41) is 13.4. The van der Waals surface area contributed by atoms with Crippen LogP contribution in [0.4, 0.5) is 18.9 Å². The van der Waals surface area contributed by atoms with E-state index in [9.17, 15) is 27.9 Å². The molecule has 2 aromatic heterocycles. The summed E-state index contributed by atoms with van der Waals surface area (Å²) in [4.78, 5) is 26.2. The highest BCUT2D eigenvalue weighted by atomic mass is 32.1. The summed E-state index contributed by atoms with van der Waals surface area (Å²) in [6.45, 7) is -0.130. The Hall–Kier alpha value is -3.08. The second-order valence-electron chi connectivity index (χ2n) is 5.40. The number of carboxylic acid groups (broad SMARTS) is 1. The Kier molecular flexibility index (Phi) is 3.44. The summed E-state index contributed by atoms with van der Waals surface area (Å²) in [6, 6.07) is 4.62. The summed E-state index contributed by atoms with van der Waals surface area (Å²) in [6.07, 6.45) is -4.89. The minimum atomic E-state index is -4.89. The Morgan fingerprint density at radius 3 is 2.85 bits per heavy atom. The number of amides is 1. The molecular formula is C15H8F3N3O4S. The number of hydrogen-bond donors (Lipinski definition) is 2. The zero-order valence-corrected chi connectivity index (χ0v) is 13.4. The van der Waals surface area contributed by atoms with Gasteiger partial charge in [-0.15, -0.1) is 11.3 Å². The quantitative estimate of drug-likeness (QED) is 0.709. The fourth-order valence-corrected chi connectivity index (χ4v) is 3.60. The maximum Gasteiger partial charge on any atom is 0.435 e. The number of carboxylic acids is 1. The molecule has 7 nitrogen and oxygen atoms in total. The molecule has 2 N–H and O–H groups in total. The third-order valence-electron chi connectivity index (χ3n) is 3.74. The number of carbonyl (C=O) groups is 2. The van der Waals surface area contributed by atoms with Crippen LogP contribution in [-0.4, -0.2) is 33.0 Å². The van der Waals surface area contributed by atoms with E-state index in [-0.39, 0.29) is 23.2 Å². The molecule has 3 heterocycles. The lowest BCUT2D eigenvalue weighted by Gasteiger charge is -2.18. The van der Waals surface area contributed by atoms with Crippen LogP contribution < -0.4 is 10.1 Å². The van der Waals surface area contributed by atoms with E-state index in [0.717, 1.165) is 15.7 Å². The van der Waals surface area contributed by atoms with Gasteiger partial charge >= 0.3 is 12.1 Å². The first-order chi connectivity index (χ1) is 12.3. The van der Waals surface area contributed by atoms with Crippen LogP contribution in [0.2, 0.25) is 0 Å². The lowest BCUT2D eigenvalue weighted by atomic mass is 10.1. The Balaban J connectivity index is 1.93. The van der Waals surface area contributed by atoms with E-state index >= 15 is 0 Å². The molecule has 26 heavy (non-hydrogen) atoms. The largest absolute Gasteiger partial charge is 0.482 e. The van der Waals surface area contributed by atoms with Crippen LogP contribution in [0.5, 0.6) is 5.75 Å². The molecule has 1 aliphatic heterocycles. The van der Waals surface area contributed by atoms with E-state index in [1.54, 1.807) is 12.1 Å². The van der Waals surface area contributed by atoms with Crippen molar-refractivity contribution in [3.8, 4) is 17.0 Å². The molecule has 1 amide bonds. The number of alkyl halides is 3. The normalized spacial score (nSPS) is 14.0. The molecule has 0 saturated carbocycles. The molecule has 3 aromatic rings. The summed E-state index contributed by atoms with van der Waals surface area (Å²) in [7, 11) is 0. The summed E-state index contributed by atoms with van der Waals surface area (Å²) in [5.41, 5.74) is -1.43. The van der Waals surface area contributed by atoms with Crippen molar-refractivity contribution in [1.29, 1.82) is 0 Å². The van der Waals surface area contributed by atoms with Crippen LogP contribution in [0.3, 0.4) is 0 Å². The van der Waals surface area contributed by atoms with Crippen LogP contribution in [0.1, 0.15) is 16.2 Å². The summed E-state index contributed by atoms with van der Waals surface area (Å²) >= 11 is 0.885. The SMILES string of the molecule is O=C1COc2ccc(-c3csc4nc(C(F)(F)F)c(C(=O)O)n34)cc2N1. The number of anilines is 1. The number of carbonyl (C=O) groups excluding carboxylic acids is 1. The van der Waals surface area contributed by atoms with Gasteiger partial charge < -0.3 is 15.2 Å². The van der Waals surface area contributed by atoms with Gasteiger partial charge in [-0.3, -0.25) is 9.20 Å². The van der Waals surface area contributed by atoms with Crippen LogP contribution in [0, 0.1) is 0 Å². The summed E-state index contributed by atoms with van der Waals surface area (Å²) < 4.78 is 45.6. The Morgan fingerprint density at radius 2 is 2.15 bits per heavy atom. The number of thiazole rings is 1. The number of rotatable bonds is 2. The van der Waals surface area contributed by atoms with Gasteiger partial charge in [0, 0.05) is 10.9 Å². The number of aromatic carboxylic acids is 1. The molecule has 0 atom stereocenters. The number of imidazole rings is 1. The lowest BCUT2D eigenvalue weighted by Crippen LogP contribution is -2.25. The predicted octanol–water partition coefficient (Wildman–Crippen LogP) is 3.11. The van der Waals surface area contributed by atoms with Gasteiger partial charge in [-0.2, -0.15) is 13.2 Å². The number of nitrogens with zero attached hydrogens (tertiary/aromatic N) is 2. The van der Waals surface area contributed by atoms with Crippen molar-refractivity contribution in [2.75, 3.05) is 11.9 Å². The van der Waals surface area contributed by atoms with Gasteiger partial charge in [0.05, 0.1) is 11.4 Å². The number of aromatic nitrogens is 2. The highest BCUT2D eigenvalue weighted by Gasteiger charge is 2.41. The molecule has 0 saturated heterocycles. The smallest absolute Gasteiger partial charge is 0.435 e. The van der Waals surface area contributed by atoms with E-state index in [4.69, 9.17) is 4.74 Å². The number of halogens is 3. The number of fused-ring (bicyclic) bond motifs is 2. The molecule has 0 aliphatic carbocycles. The van der Waals surface area contributed by atoms with Crippen LogP contribution in [0.25, 0.3) is 16.2 Å². The monoisotopic (exact) mass is 383 g/mol. The molecular weight excluding hydrogens is 375 g/mol. The highest BCUT2D eigenvalue weighted by molar-refractivity contribution is 7.15. The van der Waals surface area contributed by atoms with Gasteiger partial charge in [0.2, 0.25) is 0 Å². The molecule has 134 valence electrons. The average molecular weight is 383 g/mol. The van der Waals surface area contributed by atoms with E-state index in [2.05, 4.69) is 10.3 Å². The minimum Gasteiger partial charge on any atom is -0.482 e. The van der Waals surface area contributed by atoms with Crippen molar-refractivity contribution in [1.82, 2.24) is 9.38 Å². The molecule has 0 unspecified atom stereocenters. The first kappa shape index (κ1) is 16.4. The number of nitrogens with one attached hydrogen (secondary N) is 1. The van der Waals surface area contributed by atoms with Crippen LogP contribution in [-0.2, 0) is 11.0 Å².